The van der Waals surface area contributed by atoms with Crippen LogP contribution < -0.4 is 16.0 Å². The maximum atomic E-state index is 13.4. The van der Waals surface area contributed by atoms with Gasteiger partial charge in [0.15, 0.2) is 0 Å². The molecule has 0 aliphatic rings. The van der Waals surface area contributed by atoms with Gasteiger partial charge in [0.2, 0.25) is 17.7 Å². The molecule has 10 nitrogen and oxygen atoms in total. The molecule has 4 N–H and O–H groups in total. The molecule has 0 spiro atoms. The number of hydrogen-bond acceptors (Lipinski definition) is 7. The maximum absolute atomic E-state index is 13.4. The summed E-state index contributed by atoms with van der Waals surface area (Å²) in [4.78, 5) is 46.9. The first-order valence-electron chi connectivity index (χ1n) is 36.4. The topological polar surface area (TPSA) is 117 Å². The van der Waals surface area contributed by atoms with Crippen LogP contribution in [0.1, 0.15) is 356 Å². The van der Waals surface area contributed by atoms with Gasteiger partial charge in [0.25, 0.3) is 0 Å². The second-order valence-electron chi connectivity index (χ2n) is 25.4. The van der Waals surface area contributed by atoms with E-state index in [9.17, 15) is 19.5 Å². The van der Waals surface area contributed by atoms with Crippen molar-refractivity contribution < 1.29 is 19.5 Å². The molecule has 482 valence electrons. The van der Waals surface area contributed by atoms with Crippen molar-refractivity contribution in [3.63, 3.8) is 0 Å². The lowest BCUT2D eigenvalue weighted by Gasteiger charge is -2.29. The highest BCUT2D eigenvalue weighted by molar-refractivity contribution is 5.81. The minimum Gasteiger partial charge on any atom is -0.390 e. The van der Waals surface area contributed by atoms with Gasteiger partial charge in [0.1, 0.15) is 0 Å². The van der Waals surface area contributed by atoms with Gasteiger partial charge in [0, 0.05) is 32.7 Å². The standard InChI is InChI=1S/C71H144N6O4/c1-6-11-16-21-26-31-33-35-37-42-47-52-59-75(61-54-55-62-76(60-53-48-43-38-36-34-32-27-22-17-12-7-2)65-69(79)72-56-49-44-39-28-23-18-13-8-3)63-68(78)64-77(66-70(80)73-57-50-45-40-29-24-19-14-9-4)67-71(81)74-58-51-46-41-30-25-20-15-10-5/h68,78H,6-67H2,1-5H3,(H,72,79)(H,73,80)(H,74,81). The molecule has 10 heteroatoms. The van der Waals surface area contributed by atoms with E-state index in [0.29, 0.717) is 26.2 Å². The van der Waals surface area contributed by atoms with Crippen molar-refractivity contribution >= 4 is 17.7 Å². The van der Waals surface area contributed by atoms with Crippen LogP contribution in [0.4, 0.5) is 0 Å². The molecule has 0 aromatic carbocycles. The number of hydrogen-bond donors (Lipinski definition) is 4. The molecule has 0 radical (unpaired) electrons. The van der Waals surface area contributed by atoms with E-state index in [1.165, 1.54) is 263 Å². The minimum absolute atomic E-state index is 0.0655. The Kier molecular flexibility index (Phi) is 64.4. The van der Waals surface area contributed by atoms with Crippen molar-refractivity contribution in [1.29, 1.82) is 0 Å². The van der Waals surface area contributed by atoms with Crippen LogP contribution in [0.2, 0.25) is 0 Å². The van der Waals surface area contributed by atoms with E-state index in [1.54, 1.807) is 0 Å². The second-order valence-corrected chi connectivity index (χ2v) is 25.4. The van der Waals surface area contributed by atoms with Gasteiger partial charge in [-0.15, -0.1) is 0 Å². The number of aliphatic hydroxyl groups excluding tert-OH is 1. The Labute approximate surface area is 505 Å². The molecule has 0 heterocycles. The lowest BCUT2D eigenvalue weighted by Crippen LogP contribution is -2.48. The number of unbranched alkanes of at least 4 members (excludes halogenated alkanes) is 44. The van der Waals surface area contributed by atoms with Crippen LogP contribution in [0.3, 0.4) is 0 Å². The van der Waals surface area contributed by atoms with E-state index in [2.05, 4.69) is 60.4 Å². The molecule has 0 aromatic rings. The third-order valence-corrected chi connectivity index (χ3v) is 17.0. The Morgan fingerprint density at radius 1 is 0.259 bits per heavy atom. The van der Waals surface area contributed by atoms with Crippen LogP contribution >= 0.6 is 0 Å². The lowest BCUT2D eigenvalue weighted by atomic mass is 10.1. The maximum Gasteiger partial charge on any atom is 0.234 e. The zero-order valence-corrected chi connectivity index (χ0v) is 55.4. The minimum atomic E-state index is -0.685. The average Bonchev–Trinajstić information content (AvgIpc) is 3.45. The van der Waals surface area contributed by atoms with Gasteiger partial charge in [0.05, 0.1) is 25.7 Å². The Morgan fingerprint density at radius 2 is 0.444 bits per heavy atom. The average molecular weight is 1150 g/mol. The van der Waals surface area contributed by atoms with E-state index in [1.807, 2.05) is 4.90 Å². The Balaban J connectivity index is 5.70. The molecule has 0 saturated carbocycles. The number of nitrogens with one attached hydrogen (secondary N) is 3. The number of amides is 3. The quantitative estimate of drug-likeness (QED) is 0.0448. The van der Waals surface area contributed by atoms with Crippen molar-refractivity contribution in [1.82, 2.24) is 30.7 Å². The zero-order valence-electron chi connectivity index (χ0n) is 55.4. The molecule has 0 aliphatic carbocycles. The fourth-order valence-electron chi connectivity index (χ4n) is 11.7. The number of aliphatic hydroxyl groups is 1. The second kappa shape index (κ2) is 65.8. The molecule has 1 unspecified atom stereocenters. The third-order valence-electron chi connectivity index (χ3n) is 17.0. The van der Waals surface area contributed by atoms with Crippen LogP contribution in [-0.2, 0) is 14.4 Å². The molecule has 3 amide bonds. The van der Waals surface area contributed by atoms with Gasteiger partial charge < -0.3 is 26.0 Å². The van der Waals surface area contributed by atoms with Crippen LogP contribution in [0.25, 0.3) is 0 Å². The van der Waals surface area contributed by atoms with Gasteiger partial charge in [-0.2, -0.15) is 0 Å². The predicted molar refractivity (Wildman–Crippen MR) is 354 cm³/mol. The van der Waals surface area contributed by atoms with E-state index in [-0.39, 0.29) is 37.4 Å². The van der Waals surface area contributed by atoms with Crippen molar-refractivity contribution in [2.75, 3.05) is 78.5 Å². The summed E-state index contributed by atoms with van der Waals surface area (Å²) < 4.78 is 0. The summed E-state index contributed by atoms with van der Waals surface area (Å²) >= 11 is 0. The van der Waals surface area contributed by atoms with Crippen molar-refractivity contribution in [2.24, 2.45) is 0 Å². The summed E-state index contributed by atoms with van der Waals surface area (Å²) in [6, 6.07) is 0. The smallest absolute Gasteiger partial charge is 0.234 e. The van der Waals surface area contributed by atoms with Crippen LogP contribution in [0.5, 0.6) is 0 Å². The highest BCUT2D eigenvalue weighted by atomic mass is 16.3. The fraction of sp³-hybridized carbons (Fsp3) is 0.958. The summed E-state index contributed by atoms with van der Waals surface area (Å²) in [6.45, 7) is 18.7. The number of rotatable bonds is 68. The van der Waals surface area contributed by atoms with Gasteiger partial charge in [-0.05, 0) is 71.1 Å². The summed E-state index contributed by atoms with van der Waals surface area (Å²) in [6.07, 6.45) is 62.8. The van der Waals surface area contributed by atoms with E-state index >= 15 is 0 Å². The first-order chi connectivity index (χ1) is 39.8. The lowest BCUT2D eigenvalue weighted by molar-refractivity contribution is -0.126. The summed E-state index contributed by atoms with van der Waals surface area (Å²) in [5.74, 6) is 0.0374. The molecular formula is C71H144N6O4. The Morgan fingerprint density at radius 3 is 0.704 bits per heavy atom. The molecule has 1 atom stereocenters. The Hall–Kier alpha value is -1.75. The highest BCUT2D eigenvalue weighted by Gasteiger charge is 2.21. The van der Waals surface area contributed by atoms with Crippen LogP contribution in [-0.4, -0.2) is 122 Å². The zero-order chi connectivity index (χ0) is 59.0. The summed E-state index contributed by atoms with van der Waals surface area (Å²) in [5.41, 5.74) is 0. The van der Waals surface area contributed by atoms with E-state index in [0.717, 1.165) is 90.5 Å². The molecule has 81 heavy (non-hydrogen) atoms. The van der Waals surface area contributed by atoms with Crippen LogP contribution in [0, 0.1) is 0 Å². The largest absolute Gasteiger partial charge is 0.390 e. The van der Waals surface area contributed by atoms with Gasteiger partial charge >= 0.3 is 0 Å². The predicted octanol–water partition coefficient (Wildman–Crippen LogP) is 18.2. The summed E-state index contributed by atoms with van der Waals surface area (Å²) in [7, 11) is 0. The molecule has 0 bridgehead atoms. The summed E-state index contributed by atoms with van der Waals surface area (Å²) in [5, 5.41) is 21.4. The molecule has 0 aliphatic heterocycles. The van der Waals surface area contributed by atoms with Gasteiger partial charge in [-0.3, -0.25) is 24.2 Å². The third kappa shape index (κ3) is 61.2. The van der Waals surface area contributed by atoms with Crippen molar-refractivity contribution in [3.05, 3.63) is 0 Å². The van der Waals surface area contributed by atoms with Crippen LogP contribution in [0.15, 0.2) is 0 Å². The monoisotopic (exact) mass is 1150 g/mol. The highest BCUT2D eigenvalue weighted by Crippen LogP contribution is 2.16. The van der Waals surface area contributed by atoms with Crippen molar-refractivity contribution in [3.8, 4) is 0 Å². The fourth-order valence-corrected chi connectivity index (χ4v) is 11.7. The number of nitrogens with zero attached hydrogens (tertiary/aromatic N) is 3. The first-order valence-corrected chi connectivity index (χ1v) is 36.4. The van der Waals surface area contributed by atoms with Crippen molar-refractivity contribution in [2.45, 2.75) is 362 Å². The van der Waals surface area contributed by atoms with Gasteiger partial charge in [-0.1, -0.05) is 311 Å². The number of carbonyl (C=O) groups excluding carboxylic acids is 3. The molecular weight excluding hydrogens is 1000 g/mol. The Bertz CT molecular complexity index is 1250. The molecule has 0 saturated heterocycles. The van der Waals surface area contributed by atoms with E-state index in [4.69, 9.17) is 0 Å². The normalized spacial score (nSPS) is 12.1. The van der Waals surface area contributed by atoms with E-state index < -0.39 is 6.10 Å². The molecule has 0 fully saturated rings. The SMILES string of the molecule is CCCCCCCCCCCCCCN(CCCCN(CCCCCCCCCCCCCC)CC(O)CN(CC(=O)NCCCCCCCCCC)CC(=O)NCCCCCCCCCC)CC(=O)NCCCCCCCCCC. The molecule has 0 aromatic heterocycles. The first kappa shape index (κ1) is 79.2. The molecule has 0 rings (SSSR count). The number of carbonyl (C=O) groups is 3. The van der Waals surface area contributed by atoms with Gasteiger partial charge in [-0.25, -0.2) is 0 Å².